The molecule has 4 heteroatoms. The molecule has 0 unspecified atom stereocenters. The average Bonchev–Trinajstić information content (AvgIpc) is 2.20. The van der Waals surface area contributed by atoms with Crippen molar-refractivity contribution >= 4 is 11.8 Å². The highest BCUT2D eigenvalue weighted by Crippen LogP contribution is 2.21. The van der Waals surface area contributed by atoms with Gasteiger partial charge in [0.05, 0.1) is 0 Å². The number of halogens is 2. The van der Waals surface area contributed by atoms with E-state index in [0.717, 1.165) is 31.3 Å². The zero-order valence-corrected chi connectivity index (χ0v) is 9.54. The van der Waals surface area contributed by atoms with E-state index in [1.807, 2.05) is 0 Å². The number of hydrogen-bond acceptors (Lipinski definition) is 2. The van der Waals surface area contributed by atoms with E-state index in [-0.39, 0.29) is 0 Å². The van der Waals surface area contributed by atoms with Crippen LogP contribution in [0.15, 0.2) is 23.1 Å². The zero-order chi connectivity index (χ0) is 11.1. The van der Waals surface area contributed by atoms with Gasteiger partial charge in [-0.05, 0) is 25.1 Å². The van der Waals surface area contributed by atoms with Crippen molar-refractivity contribution in [3.05, 3.63) is 29.8 Å². The van der Waals surface area contributed by atoms with Crippen molar-refractivity contribution in [3.63, 3.8) is 0 Å². The minimum atomic E-state index is -0.527. The molecule has 0 aliphatic carbocycles. The fourth-order valence-corrected chi connectivity index (χ4v) is 1.95. The van der Waals surface area contributed by atoms with Gasteiger partial charge in [0.15, 0.2) is 0 Å². The maximum absolute atomic E-state index is 13.1. The lowest BCUT2D eigenvalue weighted by molar-refractivity contribution is 0.565. The number of rotatable bonds is 6. The second-order valence-corrected chi connectivity index (χ2v) is 4.31. The molecule has 84 valence electrons. The monoisotopic (exact) mass is 231 g/mol. The first-order valence-corrected chi connectivity index (χ1v) is 6.01. The topological polar surface area (TPSA) is 12.0 Å². The Morgan fingerprint density at radius 3 is 2.73 bits per heavy atom. The molecule has 0 heterocycles. The molecule has 1 nitrogen and oxygen atoms in total. The standard InChI is InChI=1S/C11H15F2NS/c1-2-5-14-6-7-15-11-4-3-9(12)8-10(11)13/h3-4,8,14H,2,5-7H2,1H3. The van der Waals surface area contributed by atoms with Gasteiger partial charge in [-0.15, -0.1) is 11.8 Å². The maximum atomic E-state index is 13.1. The van der Waals surface area contributed by atoms with Crippen LogP contribution in [-0.2, 0) is 0 Å². The van der Waals surface area contributed by atoms with Gasteiger partial charge in [0.1, 0.15) is 11.6 Å². The molecule has 0 spiro atoms. The summed E-state index contributed by atoms with van der Waals surface area (Å²) in [5.74, 6) is -0.209. The van der Waals surface area contributed by atoms with Crippen molar-refractivity contribution in [1.82, 2.24) is 5.32 Å². The SMILES string of the molecule is CCCNCCSc1ccc(F)cc1F. The molecule has 0 bridgehead atoms. The molecule has 0 aliphatic heterocycles. The lowest BCUT2D eigenvalue weighted by atomic mass is 10.3. The van der Waals surface area contributed by atoms with Crippen molar-refractivity contribution < 1.29 is 8.78 Å². The molecule has 0 atom stereocenters. The summed E-state index contributed by atoms with van der Waals surface area (Å²) in [6.07, 6.45) is 1.09. The molecule has 1 rings (SSSR count). The van der Waals surface area contributed by atoms with Crippen LogP contribution in [0.25, 0.3) is 0 Å². The molecular formula is C11H15F2NS. The van der Waals surface area contributed by atoms with Crippen LogP contribution < -0.4 is 5.32 Å². The smallest absolute Gasteiger partial charge is 0.139 e. The molecule has 0 saturated carbocycles. The Hall–Kier alpha value is -0.610. The van der Waals surface area contributed by atoms with Gasteiger partial charge in [-0.3, -0.25) is 0 Å². The van der Waals surface area contributed by atoms with Crippen molar-refractivity contribution in [2.24, 2.45) is 0 Å². The number of hydrogen-bond donors (Lipinski definition) is 1. The Balaban J connectivity index is 2.31. The predicted molar refractivity (Wildman–Crippen MR) is 60.2 cm³/mol. The van der Waals surface area contributed by atoms with Crippen molar-refractivity contribution in [3.8, 4) is 0 Å². The van der Waals surface area contributed by atoms with Gasteiger partial charge in [-0.1, -0.05) is 6.92 Å². The van der Waals surface area contributed by atoms with Gasteiger partial charge in [-0.25, -0.2) is 8.78 Å². The van der Waals surface area contributed by atoms with E-state index in [0.29, 0.717) is 4.90 Å². The lowest BCUT2D eigenvalue weighted by Gasteiger charge is -2.04. The van der Waals surface area contributed by atoms with Crippen LogP contribution in [0.1, 0.15) is 13.3 Å². The Kier molecular flexibility index (Phi) is 5.65. The first-order valence-electron chi connectivity index (χ1n) is 5.02. The van der Waals surface area contributed by atoms with E-state index in [9.17, 15) is 8.78 Å². The molecule has 0 saturated heterocycles. The highest BCUT2D eigenvalue weighted by Gasteiger charge is 2.03. The highest BCUT2D eigenvalue weighted by atomic mass is 32.2. The third kappa shape index (κ3) is 4.62. The van der Waals surface area contributed by atoms with Crippen LogP contribution in [0, 0.1) is 11.6 Å². The van der Waals surface area contributed by atoms with Crippen LogP contribution in [0.2, 0.25) is 0 Å². The zero-order valence-electron chi connectivity index (χ0n) is 8.72. The minimum absolute atomic E-state index is 0.476. The third-order valence-electron chi connectivity index (χ3n) is 1.86. The first-order chi connectivity index (χ1) is 7.24. The number of benzene rings is 1. The second kappa shape index (κ2) is 6.80. The fraction of sp³-hybridized carbons (Fsp3) is 0.455. The summed E-state index contributed by atoms with van der Waals surface area (Å²) in [6, 6.07) is 3.68. The molecule has 0 fully saturated rings. The second-order valence-electron chi connectivity index (χ2n) is 3.17. The largest absolute Gasteiger partial charge is 0.316 e. The van der Waals surface area contributed by atoms with Crippen LogP contribution in [0.3, 0.4) is 0 Å². The van der Waals surface area contributed by atoms with Gasteiger partial charge >= 0.3 is 0 Å². The summed E-state index contributed by atoms with van der Waals surface area (Å²) < 4.78 is 25.7. The van der Waals surface area contributed by atoms with Gasteiger partial charge in [0.25, 0.3) is 0 Å². The third-order valence-corrected chi connectivity index (χ3v) is 2.91. The van der Waals surface area contributed by atoms with E-state index in [2.05, 4.69) is 12.2 Å². The Bertz CT molecular complexity index is 305. The molecule has 15 heavy (non-hydrogen) atoms. The summed E-state index contributed by atoms with van der Waals surface area (Å²) >= 11 is 1.40. The van der Waals surface area contributed by atoms with Gasteiger partial charge < -0.3 is 5.32 Å². The van der Waals surface area contributed by atoms with E-state index >= 15 is 0 Å². The van der Waals surface area contributed by atoms with Crippen molar-refractivity contribution in [2.45, 2.75) is 18.2 Å². The molecule has 0 radical (unpaired) electrons. The number of thioether (sulfide) groups is 1. The quantitative estimate of drug-likeness (QED) is 0.596. The summed E-state index contributed by atoms with van der Waals surface area (Å²) in [5, 5.41) is 3.22. The molecule has 1 aromatic rings. The molecular weight excluding hydrogens is 216 g/mol. The normalized spacial score (nSPS) is 10.6. The Morgan fingerprint density at radius 2 is 2.07 bits per heavy atom. The van der Waals surface area contributed by atoms with E-state index < -0.39 is 11.6 Å². The highest BCUT2D eigenvalue weighted by molar-refractivity contribution is 7.99. The number of nitrogens with one attached hydrogen (secondary N) is 1. The molecule has 1 aromatic carbocycles. The van der Waals surface area contributed by atoms with E-state index in [1.165, 1.54) is 23.9 Å². The molecule has 0 aliphatic rings. The summed E-state index contributed by atoms with van der Waals surface area (Å²) in [5.41, 5.74) is 0. The molecule has 0 amide bonds. The van der Waals surface area contributed by atoms with Crippen LogP contribution in [-0.4, -0.2) is 18.8 Å². The lowest BCUT2D eigenvalue weighted by Crippen LogP contribution is -2.17. The van der Waals surface area contributed by atoms with E-state index in [1.54, 1.807) is 0 Å². The average molecular weight is 231 g/mol. The van der Waals surface area contributed by atoms with Gasteiger partial charge in [0, 0.05) is 23.3 Å². The van der Waals surface area contributed by atoms with Crippen LogP contribution in [0.5, 0.6) is 0 Å². The Morgan fingerprint density at radius 1 is 1.27 bits per heavy atom. The van der Waals surface area contributed by atoms with Gasteiger partial charge in [0.2, 0.25) is 0 Å². The summed E-state index contributed by atoms with van der Waals surface area (Å²) in [4.78, 5) is 0.509. The molecule has 1 N–H and O–H groups in total. The fourth-order valence-electron chi connectivity index (χ4n) is 1.13. The molecule has 0 aromatic heterocycles. The van der Waals surface area contributed by atoms with Gasteiger partial charge in [-0.2, -0.15) is 0 Å². The van der Waals surface area contributed by atoms with Crippen molar-refractivity contribution in [2.75, 3.05) is 18.8 Å². The summed E-state index contributed by atoms with van der Waals surface area (Å²) in [7, 11) is 0. The summed E-state index contributed by atoms with van der Waals surface area (Å²) in [6.45, 7) is 3.92. The Labute approximate surface area is 93.3 Å². The maximum Gasteiger partial charge on any atom is 0.139 e. The van der Waals surface area contributed by atoms with Crippen LogP contribution in [0.4, 0.5) is 8.78 Å². The first kappa shape index (κ1) is 12.5. The van der Waals surface area contributed by atoms with E-state index in [4.69, 9.17) is 0 Å². The van der Waals surface area contributed by atoms with Crippen LogP contribution >= 0.6 is 11.8 Å². The minimum Gasteiger partial charge on any atom is -0.316 e. The predicted octanol–water partition coefficient (Wildman–Crippen LogP) is 3.06. The van der Waals surface area contributed by atoms with Crippen molar-refractivity contribution in [1.29, 1.82) is 0 Å².